The lowest BCUT2D eigenvalue weighted by Crippen LogP contribution is -2.38. The first-order chi connectivity index (χ1) is 8.75. The van der Waals surface area contributed by atoms with Crippen LogP contribution < -0.4 is 10.6 Å². The van der Waals surface area contributed by atoms with Crippen molar-refractivity contribution in [2.45, 2.75) is 5.25 Å². The van der Waals surface area contributed by atoms with Gasteiger partial charge < -0.3 is 4.98 Å². The van der Waals surface area contributed by atoms with E-state index in [2.05, 4.69) is 4.98 Å². The summed E-state index contributed by atoms with van der Waals surface area (Å²) in [5.41, 5.74) is 1.64. The van der Waals surface area contributed by atoms with Crippen LogP contribution in [0.2, 0.25) is 0 Å². The highest BCUT2D eigenvalue weighted by atomic mass is 32.2. The number of Topliss-reactive ketones (excluding diaryl/α,β-unsaturated/α-hetero) is 2. The number of hydrogen-bond donors (Lipinski definition) is 1. The Bertz CT molecular complexity index is 831. The topological polar surface area (TPSA) is 49.9 Å². The third-order valence-electron chi connectivity index (χ3n) is 3.50. The minimum absolute atomic E-state index is 0.0399. The van der Waals surface area contributed by atoms with E-state index in [1.165, 1.54) is 11.8 Å². The molecule has 4 rings (SSSR count). The molecule has 3 nitrogen and oxygen atoms in total. The molecule has 0 bridgehead atoms. The summed E-state index contributed by atoms with van der Waals surface area (Å²) in [6, 6.07) is 7.83. The lowest BCUT2D eigenvalue weighted by molar-refractivity contribution is -0.114. The van der Waals surface area contributed by atoms with Gasteiger partial charge in [-0.2, -0.15) is 0 Å². The molecule has 1 aromatic carbocycles. The van der Waals surface area contributed by atoms with Crippen LogP contribution in [-0.2, 0) is 9.59 Å². The van der Waals surface area contributed by atoms with Crippen LogP contribution >= 0.6 is 11.8 Å². The Morgan fingerprint density at radius 2 is 2.06 bits per heavy atom. The maximum atomic E-state index is 12.1. The fraction of sp³-hybridized carbons (Fsp3) is 0.143. The zero-order valence-corrected chi connectivity index (χ0v) is 10.2. The van der Waals surface area contributed by atoms with E-state index in [1.54, 1.807) is 6.08 Å². The molecule has 1 unspecified atom stereocenters. The first kappa shape index (κ1) is 10.1. The molecular formula is C14H9NO2S. The predicted octanol–water partition coefficient (Wildman–Crippen LogP) is 0.366. The molecule has 88 valence electrons. The van der Waals surface area contributed by atoms with Crippen molar-refractivity contribution in [2.75, 3.05) is 5.75 Å². The smallest absolute Gasteiger partial charge is 0.173 e. The van der Waals surface area contributed by atoms with E-state index in [0.717, 1.165) is 21.5 Å². The first-order valence-electron chi connectivity index (χ1n) is 5.77. The molecule has 0 radical (unpaired) electrons. The highest BCUT2D eigenvalue weighted by Gasteiger charge is 2.36. The van der Waals surface area contributed by atoms with E-state index in [4.69, 9.17) is 0 Å². The number of benzene rings is 1. The maximum Gasteiger partial charge on any atom is 0.173 e. The molecule has 0 spiro atoms. The number of H-pyrrole nitrogens is 1. The molecule has 1 saturated heterocycles. The fourth-order valence-electron chi connectivity index (χ4n) is 2.71. The van der Waals surface area contributed by atoms with Gasteiger partial charge in [0.25, 0.3) is 0 Å². The number of fused-ring (bicyclic) bond motifs is 4. The highest BCUT2D eigenvalue weighted by Crippen LogP contribution is 2.31. The minimum Gasteiger partial charge on any atom is -0.354 e. The van der Waals surface area contributed by atoms with Crippen LogP contribution in [0.3, 0.4) is 0 Å². The molecule has 18 heavy (non-hydrogen) atoms. The van der Waals surface area contributed by atoms with Gasteiger partial charge in [0.05, 0.1) is 16.4 Å². The van der Waals surface area contributed by atoms with Crippen LogP contribution in [0.5, 0.6) is 0 Å². The zero-order valence-electron chi connectivity index (χ0n) is 9.40. The summed E-state index contributed by atoms with van der Waals surface area (Å²) in [5, 5.41) is 2.43. The molecule has 2 aromatic rings. The standard InChI is InChI=1S/C14H9NO2S/c16-10-5-8-7-3-1-2-4-9(7)15-13(8)12-11(17)6-18-14(10)12/h1-5,14-15H,6H2. The van der Waals surface area contributed by atoms with E-state index in [1.807, 2.05) is 24.3 Å². The van der Waals surface area contributed by atoms with Gasteiger partial charge in [-0.1, -0.05) is 18.2 Å². The van der Waals surface area contributed by atoms with Crippen LogP contribution in [0.1, 0.15) is 0 Å². The summed E-state index contributed by atoms with van der Waals surface area (Å²) in [5.74, 6) is 0.534. The number of ketones is 2. The van der Waals surface area contributed by atoms with Crippen molar-refractivity contribution in [3.63, 3.8) is 0 Å². The summed E-state index contributed by atoms with van der Waals surface area (Å²) in [4.78, 5) is 27.3. The second-order valence-electron chi connectivity index (χ2n) is 4.53. The van der Waals surface area contributed by atoms with Crippen molar-refractivity contribution in [3.8, 4) is 0 Å². The molecule has 4 heteroatoms. The lowest BCUT2D eigenvalue weighted by Gasteiger charge is -2.08. The van der Waals surface area contributed by atoms with Gasteiger partial charge in [-0.3, -0.25) is 9.59 Å². The highest BCUT2D eigenvalue weighted by molar-refractivity contribution is 8.02. The van der Waals surface area contributed by atoms with E-state index in [9.17, 15) is 9.59 Å². The number of thioether (sulfide) groups is 1. The summed E-state index contributed by atoms with van der Waals surface area (Å²) >= 11 is 1.43. The molecule has 0 amide bonds. The molecule has 0 saturated carbocycles. The number of aromatic amines is 1. The fourth-order valence-corrected chi connectivity index (χ4v) is 3.83. The summed E-state index contributed by atoms with van der Waals surface area (Å²) in [6.07, 6.45) is 1.67. The van der Waals surface area contributed by atoms with E-state index in [0.29, 0.717) is 11.3 Å². The van der Waals surface area contributed by atoms with Crippen LogP contribution in [0, 0.1) is 0 Å². The number of para-hydroxylation sites is 1. The van der Waals surface area contributed by atoms with Crippen molar-refractivity contribution >= 4 is 45.9 Å². The Morgan fingerprint density at radius 1 is 1.22 bits per heavy atom. The van der Waals surface area contributed by atoms with Crippen LogP contribution in [0.15, 0.2) is 24.3 Å². The number of carbonyl (C=O) groups is 2. The van der Waals surface area contributed by atoms with E-state index >= 15 is 0 Å². The van der Waals surface area contributed by atoms with Crippen molar-refractivity contribution in [1.82, 2.24) is 4.98 Å². The molecule has 2 aliphatic rings. The number of carbonyl (C=O) groups excluding carboxylic acids is 2. The third-order valence-corrected chi connectivity index (χ3v) is 4.73. The van der Waals surface area contributed by atoms with Gasteiger partial charge in [0.1, 0.15) is 0 Å². The van der Waals surface area contributed by atoms with E-state index in [-0.39, 0.29) is 16.8 Å². The zero-order chi connectivity index (χ0) is 12.3. The molecule has 1 N–H and O–H groups in total. The van der Waals surface area contributed by atoms with Gasteiger partial charge in [0, 0.05) is 21.7 Å². The van der Waals surface area contributed by atoms with Crippen molar-refractivity contribution in [3.05, 3.63) is 34.8 Å². The largest absolute Gasteiger partial charge is 0.354 e. The van der Waals surface area contributed by atoms with Crippen LogP contribution in [0.25, 0.3) is 22.6 Å². The summed E-state index contributed by atoms with van der Waals surface area (Å²) < 4.78 is 0. The Balaban J connectivity index is 2.28. The van der Waals surface area contributed by atoms with Gasteiger partial charge >= 0.3 is 0 Å². The minimum atomic E-state index is -0.293. The Morgan fingerprint density at radius 3 is 2.94 bits per heavy atom. The second kappa shape index (κ2) is 3.36. The first-order valence-corrected chi connectivity index (χ1v) is 6.82. The van der Waals surface area contributed by atoms with Crippen molar-refractivity contribution in [2.24, 2.45) is 0 Å². The molecule has 2 heterocycles. The average molecular weight is 255 g/mol. The number of rotatable bonds is 0. The lowest BCUT2D eigenvalue weighted by atomic mass is 9.99. The SMILES string of the molecule is O=C1CSC2C(=O)C=c3c([nH]c4ccccc34)=C12. The molecule has 1 aromatic heterocycles. The molecule has 1 aliphatic heterocycles. The van der Waals surface area contributed by atoms with Gasteiger partial charge in [0.15, 0.2) is 11.6 Å². The second-order valence-corrected chi connectivity index (χ2v) is 5.63. The number of nitrogens with one attached hydrogen (secondary N) is 1. The van der Waals surface area contributed by atoms with Crippen molar-refractivity contribution < 1.29 is 9.59 Å². The van der Waals surface area contributed by atoms with Crippen LogP contribution in [0.4, 0.5) is 0 Å². The van der Waals surface area contributed by atoms with E-state index < -0.39 is 0 Å². The summed E-state index contributed by atoms with van der Waals surface area (Å²) in [7, 11) is 0. The number of hydrogen-bond acceptors (Lipinski definition) is 3. The Kier molecular flexibility index (Phi) is 1.89. The Hall–Kier alpha value is -1.81. The van der Waals surface area contributed by atoms with Gasteiger partial charge in [-0.25, -0.2) is 0 Å². The van der Waals surface area contributed by atoms with Crippen LogP contribution in [-0.4, -0.2) is 27.6 Å². The molecule has 1 atom stereocenters. The Labute approximate surface area is 107 Å². The normalized spacial score (nSPS) is 22.0. The quantitative estimate of drug-likeness (QED) is 0.740. The third kappa shape index (κ3) is 1.16. The molecule has 1 aliphatic carbocycles. The number of aromatic nitrogens is 1. The molecular weight excluding hydrogens is 246 g/mol. The van der Waals surface area contributed by atoms with Gasteiger partial charge in [-0.05, 0) is 12.1 Å². The van der Waals surface area contributed by atoms with Gasteiger partial charge in [-0.15, -0.1) is 11.8 Å². The maximum absolute atomic E-state index is 12.1. The molecule has 1 fully saturated rings. The predicted molar refractivity (Wildman–Crippen MR) is 71.7 cm³/mol. The van der Waals surface area contributed by atoms with Gasteiger partial charge in [0.2, 0.25) is 0 Å². The van der Waals surface area contributed by atoms with Crippen molar-refractivity contribution in [1.29, 1.82) is 0 Å². The monoisotopic (exact) mass is 255 g/mol. The summed E-state index contributed by atoms with van der Waals surface area (Å²) in [6.45, 7) is 0. The average Bonchev–Trinajstić information content (AvgIpc) is 2.92.